The third kappa shape index (κ3) is 4.76. The van der Waals surface area contributed by atoms with Crippen LogP contribution in [0, 0.1) is 5.92 Å². The van der Waals surface area contributed by atoms with Gasteiger partial charge >= 0.3 is 6.09 Å². The summed E-state index contributed by atoms with van der Waals surface area (Å²) in [4.78, 5) is 16.3. The molecule has 0 aliphatic heterocycles. The lowest BCUT2D eigenvalue weighted by atomic mass is 10.0. The summed E-state index contributed by atoms with van der Waals surface area (Å²) in [5.41, 5.74) is 0.598. The lowest BCUT2D eigenvalue weighted by Crippen LogP contribution is -2.36. The van der Waals surface area contributed by atoms with Crippen LogP contribution in [0.3, 0.4) is 0 Å². The molecule has 21 heavy (non-hydrogen) atoms. The van der Waals surface area contributed by atoms with Crippen molar-refractivity contribution in [3.8, 4) is 0 Å². The number of ether oxygens (including phenoxy) is 1. The molecule has 1 aromatic rings. The number of imidazole rings is 1. The van der Waals surface area contributed by atoms with E-state index in [1.165, 1.54) is 12.8 Å². The van der Waals surface area contributed by atoms with Crippen molar-refractivity contribution >= 4 is 6.09 Å². The number of nitrogens with zero attached hydrogens (tertiary/aromatic N) is 2. The molecule has 1 saturated carbocycles. The molecule has 118 valence electrons. The molecule has 1 atom stereocenters. The van der Waals surface area contributed by atoms with Crippen molar-refractivity contribution in [3.63, 3.8) is 0 Å². The molecule has 1 heterocycles. The second kappa shape index (κ2) is 6.08. The van der Waals surface area contributed by atoms with Crippen LogP contribution in [0.1, 0.15) is 71.7 Å². The molecule has 1 amide bonds. The maximum atomic E-state index is 12.1. The molecule has 1 aromatic heterocycles. The van der Waals surface area contributed by atoms with Gasteiger partial charge in [-0.25, -0.2) is 9.78 Å². The first-order valence-electron chi connectivity index (χ1n) is 7.77. The van der Waals surface area contributed by atoms with Gasteiger partial charge in [0, 0.05) is 6.04 Å². The first kappa shape index (κ1) is 15.9. The molecule has 0 aromatic carbocycles. The average molecular weight is 293 g/mol. The van der Waals surface area contributed by atoms with E-state index >= 15 is 0 Å². The van der Waals surface area contributed by atoms with Gasteiger partial charge in [0.05, 0.1) is 24.3 Å². The zero-order valence-electron chi connectivity index (χ0n) is 13.7. The zero-order chi connectivity index (χ0) is 15.6. The van der Waals surface area contributed by atoms with Crippen molar-refractivity contribution in [3.05, 3.63) is 18.2 Å². The molecule has 2 rings (SSSR count). The van der Waals surface area contributed by atoms with Crippen molar-refractivity contribution in [2.75, 3.05) is 0 Å². The van der Waals surface area contributed by atoms with Crippen LogP contribution in [0.4, 0.5) is 4.79 Å². The predicted octanol–water partition coefficient (Wildman–Crippen LogP) is 3.83. The Labute approximate surface area is 127 Å². The molecular formula is C16H27N3O2. The van der Waals surface area contributed by atoms with Crippen LogP contribution in [0.25, 0.3) is 0 Å². The molecule has 1 aliphatic rings. The number of hydrogen-bond acceptors (Lipinski definition) is 3. The van der Waals surface area contributed by atoms with Gasteiger partial charge in [-0.2, -0.15) is 0 Å². The van der Waals surface area contributed by atoms with E-state index in [2.05, 4.69) is 28.7 Å². The van der Waals surface area contributed by atoms with Gasteiger partial charge in [-0.3, -0.25) is 0 Å². The fourth-order valence-electron chi connectivity index (χ4n) is 2.42. The second-order valence-corrected chi connectivity index (χ2v) is 7.29. The van der Waals surface area contributed by atoms with E-state index in [9.17, 15) is 4.79 Å². The number of alkyl carbamates (subject to hydrolysis) is 1. The highest BCUT2D eigenvalue weighted by Crippen LogP contribution is 2.37. The molecular weight excluding hydrogens is 266 g/mol. The Balaban J connectivity index is 2.10. The minimum atomic E-state index is -0.483. The standard InChI is InChI=1S/C16H27N3O2/c1-11(2)8-13(18-15(20)21-16(3,4)5)14-9-17-10-19(14)12-6-7-12/h9-13H,6-8H2,1-5H3,(H,18,20). The van der Waals surface area contributed by atoms with Crippen molar-refractivity contribution in [2.24, 2.45) is 5.92 Å². The van der Waals surface area contributed by atoms with Crippen LogP contribution >= 0.6 is 0 Å². The van der Waals surface area contributed by atoms with Crippen molar-refractivity contribution in [1.29, 1.82) is 0 Å². The van der Waals surface area contributed by atoms with Gasteiger partial charge in [0.2, 0.25) is 0 Å². The lowest BCUT2D eigenvalue weighted by molar-refractivity contribution is 0.0495. The van der Waals surface area contributed by atoms with Gasteiger partial charge < -0.3 is 14.6 Å². The lowest BCUT2D eigenvalue weighted by Gasteiger charge is -2.25. The van der Waals surface area contributed by atoms with Gasteiger partial charge in [-0.1, -0.05) is 13.8 Å². The molecule has 0 saturated heterocycles. The minimum absolute atomic E-state index is 0.0528. The molecule has 1 unspecified atom stereocenters. The first-order chi connectivity index (χ1) is 9.76. The molecule has 1 fully saturated rings. The molecule has 5 heteroatoms. The van der Waals surface area contributed by atoms with E-state index in [0.29, 0.717) is 12.0 Å². The molecule has 5 nitrogen and oxygen atoms in total. The van der Waals surface area contributed by atoms with E-state index in [0.717, 1.165) is 12.1 Å². The third-order valence-corrected chi connectivity index (χ3v) is 3.39. The second-order valence-electron chi connectivity index (χ2n) is 7.29. The summed E-state index contributed by atoms with van der Waals surface area (Å²) in [6.45, 7) is 9.93. The Morgan fingerprint density at radius 1 is 1.48 bits per heavy atom. The van der Waals surface area contributed by atoms with E-state index < -0.39 is 5.60 Å². The summed E-state index contributed by atoms with van der Waals surface area (Å²) in [6.07, 6.45) is 6.64. The van der Waals surface area contributed by atoms with Crippen LogP contribution in [0.15, 0.2) is 12.5 Å². The number of aromatic nitrogens is 2. The Bertz CT molecular complexity index is 484. The predicted molar refractivity (Wildman–Crippen MR) is 82.1 cm³/mol. The Morgan fingerprint density at radius 3 is 2.67 bits per heavy atom. The SMILES string of the molecule is CC(C)CC(NC(=O)OC(C)(C)C)c1cncn1C1CC1. The van der Waals surface area contributed by atoms with Gasteiger partial charge in [-0.15, -0.1) is 0 Å². The van der Waals surface area contributed by atoms with Crippen molar-refractivity contribution in [2.45, 2.75) is 71.6 Å². The van der Waals surface area contributed by atoms with Gasteiger partial charge in [0.25, 0.3) is 0 Å². The Morgan fingerprint density at radius 2 is 2.14 bits per heavy atom. The number of rotatable bonds is 5. The van der Waals surface area contributed by atoms with Gasteiger partial charge in [0.15, 0.2) is 0 Å². The number of nitrogens with one attached hydrogen (secondary N) is 1. The van der Waals surface area contributed by atoms with Crippen molar-refractivity contribution < 1.29 is 9.53 Å². The molecule has 0 radical (unpaired) electrons. The van der Waals surface area contributed by atoms with Crippen LogP contribution in [-0.4, -0.2) is 21.2 Å². The van der Waals surface area contributed by atoms with Crippen LogP contribution in [0.5, 0.6) is 0 Å². The smallest absolute Gasteiger partial charge is 0.408 e. The van der Waals surface area contributed by atoms with Gasteiger partial charge in [-0.05, 0) is 46.0 Å². The summed E-state index contributed by atoms with van der Waals surface area (Å²) in [6, 6.07) is 0.501. The van der Waals surface area contributed by atoms with E-state index in [1.807, 2.05) is 33.3 Å². The maximum Gasteiger partial charge on any atom is 0.408 e. The first-order valence-corrected chi connectivity index (χ1v) is 7.77. The fourth-order valence-corrected chi connectivity index (χ4v) is 2.42. The summed E-state index contributed by atoms with van der Waals surface area (Å²) in [5, 5.41) is 3.01. The largest absolute Gasteiger partial charge is 0.444 e. The number of carbonyl (C=O) groups is 1. The topological polar surface area (TPSA) is 56.1 Å². The van der Waals surface area contributed by atoms with Crippen LogP contribution in [-0.2, 0) is 4.74 Å². The highest BCUT2D eigenvalue weighted by atomic mass is 16.6. The minimum Gasteiger partial charge on any atom is -0.444 e. The monoisotopic (exact) mass is 293 g/mol. The van der Waals surface area contributed by atoms with E-state index in [1.54, 1.807) is 0 Å². The number of hydrogen-bond donors (Lipinski definition) is 1. The Kier molecular flexibility index (Phi) is 4.59. The molecule has 0 spiro atoms. The molecule has 1 aliphatic carbocycles. The number of carbonyl (C=O) groups excluding carboxylic acids is 1. The maximum absolute atomic E-state index is 12.1. The number of amides is 1. The summed E-state index contributed by atoms with van der Waals surface area (Å²) in [5.74, 6) is 0.479. The van der Waals surface area contributed by atoms with E-state index in [4.69, 9.17) is 4.74 Å². The average Bonchev–Trinajstić information content (AvgIpc) is 3.03. The van der Waals surface area contributed by atoms with Crippen LogP contribution < -0.4 is 5.32 Å². The van der Waals surface area contributed by atoms with Crippen molar-refractivity contribution in [1.82, 2.24) is 14.9 Å². The summed E-state index contributed by atoms with van der Waals surface area (Å²) >= 11 is 0. The highest BCUT2D eigenvalue weighted by molar-refractivity contribution is 5.68. The van der Waals surface area contributed by atoms with Crippen LogP contribution in [0.2, 0.25) is 0 Å². The highest BCUT2D eigenvalue weighted by Gasteiger charge is 2.29. The van der Waals surface area contributed by atoms with E-state index in [-0.39, 0.29) is 12.1 Å². The normalized spacial score (nSPS) is 16.9. The fraction of sp³-hybridized carbons (Fsp3) is 0.750. The summed E-state index contributed by atoms with van der Waals surface area (Å²) < 4.78 is 7.58. The molecule has 1 N–H and O–H groups in total. The van der Waals surface area contributed by atoms with Gasteiger partial charge in [0.1, 0.15) is 5.60 Å². The Hall–Kier alpha value is -1.52. The quantitative estimate of drug-likeness (QED) is 0.897. The third-order valence-electron chi connectivity index (χ3n) is 3.39. The summed E-state index contributed by atoms with van der Waals surface area (Å²) in [7, 11) is 0. The zero-order valence-corrected chi connectivity index (χ0v) is 13.7. The molecule has 0 bridgehead atoms.